The Bertz CT molecular complexity index is 3080. The van der Waals surface area contributed by atoms with Crippen LogP contribution in [0.3, 0.4) is 0 Å². The molecule has 0 aliphatic heterocycles. The lowest BCUT2D eigenvalue weighted by Crippen LogP contribution is -2.11. The second-order valence-corrected chi connectivity index (χ2v) is 18.7. The van der Waals surface area contributed by atoms with E-state index >= 15 is 0 Å². The summed E-state index contributed by atoms with van der Waals surface area (Å²) in [6.45, 7) is 15.4. The molecule has 62 heavy (non-hydrogen) atoms. The molecule has 3 heteroatoms. The van der Waals surface area contributed by atoms with Crippen molar-refractivity contribution in [2.24, 2.45) is 0 Å². The molecule has 2 fully saturated rings. The Kier molecular flexibility index (Phi) is 10.8. The maximum absolute atomic E-state index is 4.36. The first-order valence-electron chi connectivity index (χ1n) is 22.7. The van der Waals surface area contributed by atoms with Gasteiger partial charge in [-0.2, -0.15) is 0 Å². The fraction of sp³-hybridized carbons (Fsp3) is 0.220. The molecule has 0 atom stereocenters. The van der Waals surface area contributed by atoms with Gasteiger partial charge in [-0.3, -0.25) is 0 Å². The van der Waals surface area contributed by atoms with Gasteiger partial charge >= 0.3 is 0 Å². The number of aryl methyl sites for hydroxylation is 3. The summed E-state index contributed by atoms with van der Waals surface area (Å²) in [7, 11) is 0. The highest BCUT2D eigenvalue weighted by molar-refractivity contribution is 7.99. The van der Waals surface area contributed by atoms with Crippen LogP contribution in [0.2, 0.25) is 0 Å². The maximum Gasteiger partial charge on any atom is 0.0541 e. The van der Waals surface area contributed by atoms with Crippen LogP contribution in [0, 0.1) is 20.8 Å². The quantitative estimate of drug-likeness (QED) is 0.126. The van der Waals surface area contributed by atoms with E-state index in [9.17, 15) is 0 Å². The normalized spacial score (nSPS) is 14.7. The van der Waals surface area contributed by atoms with Crippen LogP contribution in [0.1, 0.15) is 109 Å². The molecule has 2 aromatic heterocycles. The largest absolute Gasteiger partial charge is 0.310 e. The van der Waals surface area contributed by atoms with E-state index in [1.807, 2.05) is 17.8 Å². The summed E-state index contributed by atoms with van der Waals surface area (Å²) in [5.41, 5.74) is 20.7. The van der Waals surface area contributed by atoms with Gasteiger partial charge in [0.2, 0.25) is 0 Å². The molecule has 2 aliphatic rings. The number of hydrogen-bond donors (Lipinski definition) is 0. The highest BCUT2D eigenvalue weighted by Gasteiger charge is 2.26. The number of fused-ring (bicyclic) bond motifs is 2. The molecular formula is C59H56N2S. The van der Waals surface area contributed by atoms with Crippen LogP contribution in [0.4, 0.5) is 0 Å². The van der Waals surface area contributed by atoms with E-state index in [-0.39, 0.29) is 0 Å². The molecular weight excluding hydrogens is 769 g/mol. The van der Waals surface area contributed by atoms with Crippen LogP contribution < -0.4 is 0 Å². The summed E-state index contributed by atoms with van der Waals surface area (Å²) in [4.78, 5) is 2.44. The van der Waals surface area contributed by atoms with Gasteiger partial charge in [-0.1, -0.05) is 110 Å². The zero-order chi connectivity index (χ0) is 42.5. The summed E-state index contributed by atoms with van der Waals surface area (Å²) < 4.78 is 4.92. The molecule has 0 amide bonds. The Hall–Kier alpha value is -6.03. The fourth-order valence-corrected chi connectivity index (χ4v) is 11.1. The molecule has 6 aromatic carbocycles. The van der Waals surface area contributed by atoms with Crippen molar-refractivity contribution in [3.63, 3.8) is 0 Å². The van der Waals surface area contributed by atoms with Crippen molar-refractivity contribution in [3.8, 4) is 33.6 Å². The van der Waals surface area contributed by atoms with E-state index in [0.717, 1.165) is 11.3 Å². The Morgan fingerprint density at radius 1 is 0.532 bits per heavy atom. The van der Waals surface area contributed by atoms with Gasteiger partial charge in [0, 0.05) is 43.2 Å². The molecule has 2 heterocycles. The molecule has 0 bridgehead atoms. The van der Waals surface area contributed by atoms with E-state index in [1.165, 1.54) is 137 Å². The Balaban J connectivity index is 1.05. The third kappa shape index (κ3) is 6.92. The molecule has 0 saturated heterocycles. The first-order chi connectivity index (χ1) is 30.4. The summed E-state index contributed by atoms with van der Waals surface area (Å²) in [6.07, 6.45) is 18.6. The van der Waals surface area contributed by atoms with Crippen molar-refractivity contribution >= 4 is 51.8 Å². The van der Waals surface area contributed by atoms with Gasteiger partial charge in [0.15, 0.2) is 0 Å². The van der Waals surface area contributed by atoms with Crippen molar-refractivity contribution < 1.29 is 0 Å². The molecule has 2 aliphatic carbocycles. The van der Waals surface area contributed by atoms with Crippen molar-refractivity contribution in [2.75, 3.05) is 0 Å². The van der Waals surface area contributed by atoms with Gasteiger partial charge in [-0.25, -0.2) is 0 Å². The van der Waals surface area contributed by atoms with Crippen molar-refractivity contribution in [3.05, 3.63) is 185 Å². The predicted molar refractivity (Wildman–Crippen MR) is 268 cm³/mol. The monoisotopic (exact) mass is 824 g/mol. The Morgan fingerprint density at radius 3 is 1.50 bits per heavy atom. The first-order valence-corrected chi connectivity index (χ1v) is 23.5. The number of hydrogen-bond acceptors (Lipinski definition) is 1. The summed E-state index contributed by atoms with van der Waals surface area (Å²) in [5, 5.41) is 2.50. The van der Waals surface area contributed by atoms with E-state index in [0.29, 0.717) is 11.8 Å². The second kappa shape index (κ2) is 16.7. The fourth-order valence-electron chi connectivity index (χ4n) is 10.2. The summed E-state index contributed by atoms with van der Waals surface area (Å²) in [5.74, 6) is 1.28. The third-order valence-corrected chi connectivity index (χ3v) is 14.9. The Labute approximate surface area is 372 Å². The highest BCUT2D eigenvalue weighted by atomic mass is 32.2. The lowest BCUT2D eigenvalue weighted by atomic mass is 9.76. The van der Waals surface area contributed by atoms with Gasteiger partial charge in [0.1, 0.15) is 0 Å². The third-order valence-electron chi connectivity index (χ3n) is 13.9. The van der Waals surface area contributed by atoms with Crippen LogP contribution in [0.15, 0.2) is 150 Å². The minimum absolute atomic E-state index is 0.634. The van der Waals surface area contributed by atoms with Crippen LogP contribution in [-0.4, -0.2) is 9.13 Å². The number of nitrogens with zero attached hydrogens (tertiary/aromatic N) is 2. The molecule has 0 N–H and O–H groups in total. The molecule has 10 rings (SSSR count). The molecule has 0 radical (unpaired) electrons. The summed E-state index contributed by atoms with van der Waals surface area (Å²) >= 11 is 1.84. The zero-order valence-corrected chi connectivity index (χ0v) is 37.7. The Morgan fingerprint density at radius 2 is 1.02 bits per heavy atom. The van der Waals surface area contributed by atoms with E-state index < -0.39 is 0 Å². The molecule has 8 aromatic rings. The van der Waals surface area contributed by atoms with Gasteiger partial charge in [-0.05, 0) is 195 Å². The maximum atomic E-state index is 4.36. The number of aromatic nitrogens is 2. The van der Waals surface area contributed by atoms with E-state index in [4.69, 9.17) is 0 Å². The zero-order valence-electron chi connectivity index (χ0n) is 36.8. The molecule has 0 unspecified atom stereocenters. The molecule has 2 saturated carbocycles. The number of allylic oxidation sites excluding steroid dienone is 2. The van der Waals surface area contributed by atoms with Crippen LogP contribution in [0.25, 0.3) is 73.7 Å². The van der Waals surface area contributed by atoms with E-state index in [1.54, 1.807) is 0 Å². The second-order valence-electron chi connectivity index (χ2n) is 17.6. The average molecular weight is 825 g/mol. The minimum Gasteiger partial charge on any atom is -0.310 e. The average Bonchev–Trinajstić information content (AvgIpc) is 3.70. The van der Waals surface area contributed by atoms with Gasteiger partial charge in [-0.15, -0.1) is 0 Å². The van der Waals surface area contributed by atoms with Crippen molar-refractivity contribution in [1.82, 2.24) is 9.13 Å². The van der Waals surface area contributed by atoms with E-state index in [2.05, 4.69) is 196 Å². The summed E-state index contributed by atoms with van der Waals surface area (Å²) in [6, 6.07) is 46.2. The van der Waals surface area contributed by atoms with Crippen LogP contribution in [0.5, 0.6) is 0 Å². The molecule has 2 nitrogen and oxygen atoms in total. The smallest absolute Gasteiger partial charge is 0.0541 e. The van der Waals surface area contributed by atoms with Gasteiger partial charge < -0.3 is 9.13 Å². The molecule has 0 spiro atoms. The molecule has 308 valence electrons. The predicted octanol–water partition coefficient (Wildman–Crippen LogP) is 17.2. The van der Waals surface area contributed by atoms with Gasteiger partial charge in [0.25, 0.3) is 0 Å². The minimum atomic E-state index is 0.634. The van der Waals surface area contributed by atoms with Crippen LogP contribution in [-0.2, 0) is 0 Å². The van der Waals surface area contributed by atoms with Crippen molar-refractivity contribution in [2.45, 2.75) is 94.8 Å². The number of benzene rings is 6. The first kappa shape index (κ1) is 40.1. The highest BCUT2D eigenvalue weighted by Crippen LogP contribution is 2.46. The lowest BCUT2D eigenvalue weighted by Gasteiger charge is -2.29. The SMILES string of the molecule is C=Cc1c(/C=C\C)n(-c2ccc(C3CCC3)c(-c3ccccc3C)c2)c2ccc(Sc3ccc4c(c3)c(C)c(/C=C\C)n4-c3ccc(C4CCC4)c(-c4ccccc4C)c3)cc12. The standard InChI is InChI=1S/C59H56N2S/c1-7-16-56-40(6)52-36-45(28-32-58(52)60(56)43-26-30-50(41-20-14-21-41)53(34-43)48-24-12-10-18-38(48)4)62-46-29-33-59-55(37-46)47(9-3)57(17-8-2)61(59)44-27-31-51(42-22-15-23-42)54(35-44)49-25-13-11-19-39(49)5/h7-13,16-19,24-37,41-42H,3,14-15,20-23H2,1-2,4-6H3/b16-7-,17-8-. The van der Waals surface area contributed by atoms with Crippen LogP contribution >= 0.6 is 11.8 Å². The van der Waals surface area contributed by atoms with Gasteiger partial charge in [0.05, 0.1) is 16.7 Å². The van der Waals surface area contributed by atoms with Crippen molar-refractivity contribution in [1.29, 1.82) is 0 Å². The topological polar surface area (TPSA) is 9.86 Å². The number of rotatable bonds is 11. The lowest BCUT2D eigenvalue weighted by molar-refractivity contribution is 0.420.